The summed E-state index contributed by atoms with van der Waals surface area (Å²) in [6, 6.07) is 11.0. The van der Waals surface area contributed by atoms with Gasteiger partial charge in [-0.25, -0.2) is 4.98 Å². The van der Waals surface area contributed by atoms with Gasteiger partial charge in [0.2, 0.25) is 24.5 Å². The van der Waals surface area contributed by atoms with Crippen LogP contribution in [0.15, 0.2) is 47.1 Å². The van der Waals surface area contributed by atoms with Crippen molar-refractivity contribution in [2.24, 2.45) is 0 Å². The molecule has 2 N–H and O–H groups in total. The molecule has 3 aliphatic rings. The van der Waals surface area contributed by atoms with Crippen molar-refractivity contribution in [3.8, 4) is 17.4 Å². The van der Waals surface area contributed by atoms with Gasteiger partial charge in [0.15, 0.2) is 11.5 Å². The molecule has 2 amide bonds. The minimum atomic E-state index is -0.615. The fourth-order valence-corrected chi connectivity index (χ4v) is 5.24. The Morgan fingerprint density at radius 3 is 3.00 bits per heavy atom. The molecule has 0 spiro atoms. The summed E-state index contributed by atoms with van der Waals surface area (Å²) in [6.07, 6.45) is 4.62. The van der Waals surface area contributed by atoms with E-state index in [4.69, 9.17) is 14.2 Å². The third kappa shape index (κ3) is 4.98. The third-order valence-electron chi connectivity index (χ3n) is 6.82. The molecule has 3 aliphatic heterocycles. The Balaban J connectivity index is 1.28. The van der Waals surface area contributed by atoms with Gasteiger partial charge in [-0.2, -0.15) is 4.98 Å². The SMILES string of the molecule is O=C(NC1CCCCNC1=O)c1cnc(N2CCc3cc(Br)ccc32)nc1OCc1ccc2c(c1)OCO2. The van der Waals surface area contributed by atoms with E-state index in [0.29, 0.717) is 37.0 Å². The number of nitrogens with one attached hydrogen (secondary N) is 2. The Morgan fingerprint density at radius 2 is 2.08 bits per heavy atom. The number of aromatic nitrogens is 2. The monoisotopic (exact) mass is 579 g/mol. The molecule has 196 valence electrons. The van der Waals surface area contributed by atoms with E-state index in [1.54, 1.807) is 0 Å². The highest BCUT2D eigenvalue weighted by Gasteiger charge is 2.28. The van der Waals surface area contributed by atoms with Crippen molar-refractivity contribution in [1.82, 2.24) is 20.6 Å². The van der Waals surface area contributed by atoms with E-state index in [9.17, 15) is 9.59 Å². The molecule has 0 radical (unpaired) electrons. The molecule has 0 saturated carbocycles. The van der Waals surface area contributed by atoms with Gasteiger partial charge < -0.3 is 29.7 Å². The van der Waals surface area contributed by atoms with Crippen molar-refractivity contribution in [1.29, 1.82) is 0 Å². The zero-order valence-corrected chi connectivity index (χ0v) is 22.1. The van der Waals surface area contributed by atoms with Crippen LogP contribution in [0.25, 0.3) is 0 Å². The Bertz CT molecular complexity index is 1400. The minimum absolute atomic E-state index is 0.143. The molecule has 1 unspecified atom stereocenters. The van der Waals surface area contributed by atoms with Crippen LogP contribution in [-0.4, -0.2) is 47.7 Å². The number of benzene rings is 2. The van der Waals surface area contributed by atoms with E-state index >= 15 is 0 Å². The van der Waals surface area contributed by atoms with Gasteiger partial charge in [-0.3, -0.25) is 9.59 Å². The highest BCUT2D eigenvalue weighted by atomic mass is 79.9. The van der Waals surface area contributed by atoms with E-state index < -0.39 is 11.9 Å². The van der Waals surface area contributed by atoms with Crippen molar-refractivity contribution in [2.75, 3.05) is 24.8 Å². The average Bonchev–Trinajstić information content (AvgIpc) is 3.51. The Labute approximate surface area is 227 Å². The zero-order valence-electron chi connectivity index (χ0n) is 20.5. The van der Waals surface area contributed by atoms with Crippen molar-refractivity contribution >= 4 is 39.4 Å². The molecular weight excluding hydrogens is 554 g/mol. The molecule has 0 bridgehead atoms. The van der Waals surface area contributed by atoms with Crippen LogP contribution in [0.1, 0.15) is 40.7 Å². The van der Waals surface area contributed by atoms with Crippen molar-refractivity contribution in [3.05, 3.63) is 63.8 Å². The molecule has 1 saturated heterocycles. The van der Waals surface area contributed by atoms with Crippen LogP contribution in [-0.2, 0) is 17.8 Å². The fourth-order valence-electron chi connectivity index (χ4n) is 4.83. The summed E-state index contributed by atoms with van der Waals surface area (Å²) in [5.41, 5.74) is 3.20. The van der Waals surface area contributed by atoms with Crippen molar-refractivity contribution in [3.63, 3.8) is 0 Å². The number of amides is 2. The van der Waals surface area contributed by atoms with E-state index in [1.165, 1.54) is 11.8 Å². The number of ether oxygens (including phenoxy) is 3. The molecule has 11 heteroatoms. The summed E-state index contributed by atoms with van der Waals surface area (Å²) in [5, 5.41) is 5.69. The van der Waals surface area contributed by atoms with Crippen molar-refractivity contribution < 1.29 is 23.8 Å². The Hall–Kier alpha value is -3.86. The maximum atomic E-state index is 13.3. The van der Waals surface area contributed by atoms with Gasteiger partial charge in [0.1, 0.15) is 18.2 Å². The lowest BCUT2D eigenvalue weighted by Crippen LogP contribution is -2.45. The van der Waals surface area contributed by atoms with Gasteiger partial charge in [0, 0.05) is 29.4 Å². The van der Waals surface area contributed by atoms with Gasteiger partial charge in [-0.15, -0.1) is 0 Å². The summed E-state index contributed by atoms with van der Waals surface area (Å²) in [4.78, 5) is 36.9. The number of nitrogens with zero attached hydrogens (tertiary/aromatic N) is 3. The number of carbonyl (C=O) groups excluding carboxylic acids is 2. The predicted molar refractivity (Wildman–Crippen MR) is 142 cm³/mol. The van der Waals surface area contributed by atoms with Crippen LogP contribution in [0, 0.1) is 0 Å². The fraction of sp³-hybridized carbons (Fsp3) is 0.333. The smallest absolute Gasteiger partial charge is 0.259 e. The number of hydrogen-bond acceptors (Lipinski definition) is 8. The van der Waals surface area contributed by atoms with Gasteiger partial charge in [-0.05, 0) is 67.1 Å². The molecule has 4 heterocycles. The van der Waals surface area contributed by atoms with Crippen LogP contribution >= 0.6 is 15.9 Å². The summed E-state index contributed by atoms with van der Waals surface area (Å²) in [7, 11) is 0. The number of carbonyl (C=O) groups is 2. The highest BCUT2D eigenvalue weighted by molar-refractivity contribution is 9.10. The molecule has 2 aromatic carbocycles. The first-order valence-electron chi connectivity index (χ1n) is 12.6. The lowest BCUT2D eigenvalue weighted by molar-refractivity contribution is -0.122. The molecule has 1 atom stereocenters. The van der Waals surface area contributed by atoms with Gasteiger partial charge in [0.05, 0.1) is 0 Å². The number of fused-ring (bicyclic) bond motifs is 2. The van der Waals surface area contributed by atoms with Crippen LogP contribution in [0.3, 0.4) is 0 Å². The molecule has 38 heavy (non-hydrogen) atoms. The first kappa shape index (κ1) is 24.5. The van der Waals surface area contributed by atoms with Crippen LogP contribution < -0.4 is 29.7 Å². The molecule has 1 aromatic heterocycles. The number of halogens is 1. The lowest BCUT2D eigenvalue weighted by atomic mass is 10.1. The summed E-state index contributed by atoms with van der Waals surface area (Å²) >= 11 is 3.53. The average molecular weight is 580 g/mol. The molecule has 0 aliphatic carbocycles. The minimum Gasteiger partial charge on any atom is -0.472 e. The highest BCUT2D eigenvalue weighted by Crippen LogP contribution is 2.36. The molecule has 1 fully saturated rings. The lowest BCUT2D eigenvalue weighted by Gasteiger charge is -2.20. The zero-order chi connectivity index (χ0) is 26.1. The number of anilines is 2. The predicted octanol–water partition coefficient (Wildman–Crippen LogP) is 3.64. The summed E-state index contributed by atoms with van der Waals surface area (Å²) in [5.74, 6) is 1.27. The standard InChI is InChI=1S/C27H26BrN5O5/c28-18-5-6-21-17(12-18)8-10-33(21)27-30-13-19(24(34)31-20-3-1-2-9-29-25(20)35)26(32-27)36-14-16-4-7-22-23(11-16)38-15-37-22/h4-7,11-13,20H,1-3,8-10,14-15H2,(H,29,35)(H,31,34). The van der Waals surface area contributed by atoms with Crippen LogP contribution in [0.2, 0.25) is 0 Å². The molecular formula is C27H26BrN5O5. The van der Waals surface area contributed by atoms with E-state index in [2.05, 4.69) is 42.6 Å². The molecule has 3 aromatic rings. The topological polar surface area (TPSA) is 115 Å². The number of hydrogen-bond donors (Lipinski definition) is 2. The van der Waals surface area contributed by atoms with E-state index in [-0.39, 0.29) is 30.8 Å². The van der Waals surface area contributed by atoms with Crippen molar-refractivity contribution in [2.45, 2.75) is 38.3 Å². The van der Waals surface area contributed by atoms with Gasteiger partial charge in [0.25, 0.3) is 5.91 Å². The maximum absolute atomic E-state index is 13.3. The summed E-state index contributed by atoms with van der Waals surface area (Å²) in [6.45, 7) is 1.66. The first-order valence-corrected chi connectivity index (χ1v) is 13.4. The largest absolute Gasteiger partial charge is 0.472 e. The second-order valence-electron chi connectivity index (χ2n) is 9.35. The maximum Gasteiger partial charge on any atom is 0.259 e. The quantitative estimate of drug-likeness (QED) is 0.455. The normalized spacial score (nSPS) is 18.0. The Kier molecular flexibility index (Phi) is 6.75. The van der Waals surface area contributed by atoms with Crippen LogP contribution in [0.4, 0.5) is 11.6 Å². The summed E-state index contributed by atoms with van der Waals surface area (Å²) < 4.78 is 18.0. The van der Waals surface area contributed by atoms with E-state index in [1.807, 2.05) is 35.2 Å². The van der Waals surface area contributed by atoms with Crippen LogP contribution in [0.5, 0.6) is 17.4 Å². The Morgan fingerprint density at radius 1 is 1.18 bits per heavy atom. The third-order valence-corrected chi connectivity index (χ3v) is 7.31. The van der Waals surface area contributed by atoms with Gasteiger partial charge >= 0.3 is 0 Å². The van der Waals surface area contributed by atoms with Gasteiger partial charge in [-0.1, -0.05) is 22.0 Å². The molecule has 10 nitrogen and oxygen atoms in total. The molecule has 6 rings (SSSR count). The second kappa shape index (κ2) is 10.5. The number of rotatable bonds is 6. The second-order valence-corrected chi connectivity index (χ2v) is 10.3. The van der Waals surface area contributed by atoms with E-state index in [0.717, 1.165) is 35.0 Å². The first-order chi connectivity index (χ1) is 18.5.